The largest absolute Gasteiger partial charge is 0.508 e. The average molecular weight is 248 g/mol. The molecule has 0 heterocycles. The van der Waals surface area contributed by atoms with E-state index in [0.717, 1.165) is 0 Å². The van der Waals surface area contributed by atoms with Gasteiger partial charge >= 0.3 is 5.97 Å². The van der Waals surface area contributed by atoms with E-state index in [1.165, 1.54) is 24.3 Å². The normalized spacial score (nSPS) is 16.4. The van der Waals surface area contributed by atoms with Crippen LogP contribution in [0.15, 0.2) is 24.3 Å². The maximum atomic E-state index is 13.0. The van der Waals surface area contributed by atoms with Crippen LogP contribution in [0.25, 0.3) is 0 Å². The summed E-state index contributed by atoms with van der Waals surface area (Å²) in [5, 5.41) is 18.0. The van der Waals surface area contributed by atoms with Gasteiger partial charge in [-0.2, -0.15) is 0 Å². The van der Waals surface area contributed by atoms with Gasteiger partial charge in [-0.3, -0.25) is 4.79 Å². The van der Waals surface area contributed by atoms with Gasteiger partial charge in [0.2, 0.25) is 5.63 Å². The van der Waals surface area contributed by atoms with Gasteiger partial charge in [0.1, 0.15) is 5.75 Å². The van der Waals surface area contributed by atoms with Crippen molar-refractivity contribution in [3.05, 3.63) is 29.8 Å². The lowest BCUT2D eigenvalue weighted by Gasteiger charge is -2.24. The van der Waals surface area contributed by atoms with Gasteiger partial charge in [-0.1, -0.05) is 23.7 Å². The summed E-state index contributed by atoms with van der Waals surface area (Å²) < 4.78 is 13.0. The van der Waals surface area contributed by atoms with E-state index in [-0.39, 0.29) is 12.2 Å². The van der Waals surface area contributed by atoms with Gasteiger partial charge in [0, 0.05) is 6.42 Å². The van der Waals surface area contributed by atoms with Crippen molar-refractivity contribution in [2.75, 3.05) is 0 Å². The van der Waals surface area contributed by atoms with Crippen LogP contribution in [0.4, 0.5) is 4.39 Å². The molecule has 4 nitrogen and oxygen atoms in total. The molecule has 0 aliphatic carbocycles. The molecule has 0 fully saturated rings. The zero-order valence-electron chi connectivity index (χ0n) is 8.23. The Balaban J connectivity index is 2.97. The van der Waals surface area contributed by atoms with Crippen LogP contribution in [0.5, 0.6) is 5.75 Å². The van der Waals surface area contributed by atoms with E-state index in [2.05, 4.69) is 0 Å². The SMILES string of the molecule is N[C@@](Cc1cccc(O)c1)(C(=O)O)[C@@H](F)Cl. The molecule has 4 N–H and O–H groups in total. The third-order valence-corrected chi connectivity index (χ3v) is 2.58. The Morgan fingerprint density at radius 1 is 1.62 bits per heavy atom. The third-order valence-electron chi connectivity index (χ3n) is 2.19. The number of alkyl halides is 2. The number of carboxylic acid groups (broad SMARTS) is 1. The first-order chi connectivity index (χ1) is 7.36. The lowest BCUT2D eigenvalue weighted by Crippen LogP contribution is -2.55. The summed E-state index contributed by atoms with van der Waals surface area (Å²) in [6.07, 6.45) is -0.304. The fourth-order valence-electron chi connectivity index (χ4n) is 1.25. The van der Waals surface area contributed by atoms with Crippen molar-refractivity contribution in [3.63, 3.8) is 0 Å². The highest BCUT2D eigenvalue weighted by Gasteiger charge is 2.42. The Morgan fingerprint density at radius 3 is 2.69 bits per heavy atom. The minimum atomic E-state index is -2.22. The lowest BCUT2D eigenvalue weighted by molar-refractivity contribution is -0.144. The molecule has 1 aromatic carbocycles. The summed E-state index contributed by atoms with van der Waals surface area (Å²) in [5.74, 6) is -1.58. The highest BCUT2D eigenvalue weighted by atomic mass is 35.5. The van der Waals surface area contributed by atoms with E-state index in [1.54, 1.807) is 0 Å². The monoisotopic (exact) mass is 247 g/mol. The summed E-state index contributed by atoms with van der Waals surface area (Å²) >= 11 is 5.13. The van der Waals surface area contributed by atoms with Gasteiger partial charge in [0.25, 0.3) is 0 Å². The number of halogens is 2. The molecule has 0 unspecified atom stereocenters. The molecule has 0 amide bonds. The second-order valence-corrected chi connectivity index (χ2v) is 3.88. The molecule has 1 rings (SSSR count). The zero-order valence-corrected chi connectivity index (χ0v) is 8.99. The highest BCUT2D eigenvalue weighted by Crippen LogP contribution is 2.22. The maximum Gasteiger partial charge on any atom is 0.328 e. The van der Waals surface area contributed by atoms with Gasteiger partial charge < -0.3 is 15.9 Å². The first-order valence-corrected chi connectivity index (χ1v) is 4.88. The molecule has 0 saturated heterocycles. The smallest absolute Gasteiger partial charge is 0.328 e. The molecule has 16 heavy (non-hydrogen) atoms. The topological polar surface area (TPSA) is 83.5 Å². The molecule has 0 bridgehead atoms. The van der Waals surface area contributed by atoms with Crippen LogP contribution in [-0.2, 0) is 11.2 Å². The molecule has 0 saturated carbocycles. The average Bonchev–Trinajstić information content (AvgIpc) is 2.16. The Bertz CT molecular complexity index is 399. The number of hydrogen-bond donors (Lipinski definition) is 3. The quantitative estimate of drug-likeness (QED) is 0.700. The van der Waals surface area contributed by atoms with Crippen LogP contribution < -0.4 is 5.73 Å². The van der Waals surface area contributed by atoms with E-state index in [4.69, 9.17) is 22.4 Å². The number of carbonyl (C=O) groups is 1. The van der Waals surface area contributed by atoms with Crippen molar-refractivity contribution in [1.82, 2.24) is 0 Å². The second kappa shape index (κ2) is 4.67. The third kappa shape index (κ3) is 2.62. The fourth-order valence-corrected chi connectivity index (χ4v) is 1.42. The lowest BCUT2D eigenvalue weighted by atomic mass is 9.93. The summed E-state index contributed by atoms with van der Waals surface area (Å²) in [6.45, 7) is 0. The highest BCUT2D eigenvalue weighted by molar-refractivity contribution is 6.22. The van der Waals surface area contributed by atoms with E-state index >= 15 is 0 Å². The van der Waals surface area contributed by atoms with E-state index in [0.29, 0.717) is 5.56 Å². The first kappa shape index (κ1) is 12.7. The molecule has 1 aromatic rings. The molecule has 0 radical (unpaired) electrons. The van der Waals surface area contributed by atoms with Crippen LogP contribution in [0.3, 0.4) is 0 Å². The molecular formula is C10H11ClFNO3. The predicted octanol–water partition coefficient (Wildman–Crippen LogP) is 1.25. The Labute approximate surface area is 96.4 Å². The van der Waals surface area contributed by atoms with E-state index in [1.807, 2.05) is 0 Å². The number of phenolic OH excluding ortho intramolecular Hbond substituents is 1. The molecule has 0 spiro atoms. The van der Waals surface area contributed by atoms with Crippen LogP contribution in [0.2, 0.25) is 0 Å². The summed E-state index contributed by atoms with van der Waals surface area (Å²) in [7, 11) is 0. The number of carboxylic acids is 1. The maximum absolute atomic E-state index is 13.0. The number of benzene rings is 1. The fraction of sp³-hybridized carbons (Fsp3) is 0.300. The van der Waals surface area contributed by atoms with Gasteiger partial charge in [-0.15, -0.1) is 0 Å². The number of hydrogen-bond acceptors (Lipinski definition) is 3. The number of aromatic hydroxyl groups is 1. The number of rotatable bonds is 4. The van der Waals surface area contributed by atoms with Crippen molar-refractivity contribution in [2.45, 2.75) is 17.6 Å². The number of aliphatic carboxylic acids is 1. The zero-order chi connectivity index (χ0) is 12.3. The van der Waals surface area contributed by atoms with Gasteiger partial charge in [-0.25, -0.2) is 4.39 Å². The van der Waals surface area contributed by atoms with E-state index in [9.17, 15) is 14.3 Å². The van der Waals surface area contributed by atoms with Crippen molar-refractivity contribution in [3.8, 4) is 5.75 Å². The summed E-state index contributed by atoms with van der Waals surface area (Å²) in [4.78, 5) is 10.8. The molecule has 0 aliphatic rings. The molecule has 0 aromatic heterocycles. The van der Waals surface area contributed by atoms with Gasteiger partial charge in [-0.05, 0) is 17.7 Å². The Hall–Kier alpha value is -1.33. The first-order valence-electron chi connectivity index (χ1n) is 4.44. The Kier molecular flexibility index (Phi) is 3.72. The van der Waals surface area contributed by atoms with Crippen molar-refractivity contribution in [2.24, 2.45) is 5.73 Å². The predicted molar refractivity (Wildman–Crippen MR) is 57.1 cm³/mol. The van der Waals surface area contributed by atoms with Crippen molar-refractivity contribution >= 4 is 17.6 Å². The second-order valence-electron chi connectivity index (χ2n) is 3.49. The molecule has 6 heteroatoms. The van der Waals surface area contributed by atoms with Gasteiger partial charge in [0.15, 0.2) is 5.54 Å². The number of phenols is 1. The molecule has 2 atom stereocenters. The van der Waals surface area contributed by atoms with Crippen molar-refractivity contribution in [1.29, 1.82) is 0 Å². The van der Waals surface area contributed by atoms with Gasteiger partial charge in [0.05, 0.1) is 0 Å². The van der Waals surface area contributed by atoms with E-state index < -0.39 is 17.1 Å². The summed E-state index contributed by atoms with van der Waals surface area (Å²) in [6, 6.07) is 5.76. The molecule has 88 valence electrons. The molecular weight excluding hydrogens is 237 g/mol. The minimum Gasteiger partial charge on any atom is -0.508 e. The Morgan fingerprint density at radius 2 is 2.25 bits per heavy atom. The van der Waals surface area contributed by atoms with Crippen LogP contribution >= 0.6 is 11.6 Å². The van der Waals surface area contributed by atoms with Crippen LogP contribution in [0, 0.1) is 0 Å². The number of nitrogens with two attached hydrogens (primary N) is 1. The standard InChI is InChI=1S/C10H11ClFNO3/c11-8(12)10(13,9(15)16)5-6-2-1-3-7(14)4-6/h1-4,8,14H,5,13H2,(H,15,16)/t8-,10-/m1/s1. The van der Waals surface area contributed by atoms with Crippen LogP contribution in [-0.4, -0.2) is 27.4 Å². The minimum absolute atomic E-state index is 0.0461. The molecule has 0 aliphatic heterocycles. The van der Waals surface area contributed by atoms with Crippen LogP contribution in [0.1, 0.15) is 5.56 Å². The summed E-state index contributed by atoms with van der Waals surface area (Å²) in [5.41, 5.74) is 1.36. The van der Waals surface area contributed by atoms with Crippen molar-refractivity contribution < 1.29 is 19.4 Å².